The van der Waals surface area contributed by atoms with Gasteiger partial charge in [0.2, 0.25) is 0 Å². The predicted molar refractivity (Wildman–Crippen MR) is 89.1 cm³/mol. The van der Waals surface area contributed by atoms with E-state index in [0.717, 1.165) is 0 Å². The van der Waals surface area contributed by atoms with Crippen molar-refractivity contribution in [1.29, 1.82) is 0 Å². The van der Waals surface area contributed by atoms with Gasteiger partial charge < -0.3 is 20.1 Å². The van der Waals surface area contributed by atoms with Crippen molar-refractivity contribution in [1.82, 2.24) is 10.2 Å². The topological polar surface area (TPSA) is 95.9 Å². The number of carbonyl (C=O) groups is 1. The Balaban J connectivity index is 2.69. The molecule has 1 amide bonds. The van der Waals surface area contributed by atoms with Crippen LogP contribution in [0.4, 0.5) is 4.79 Å². The molecule has 1 fully saturated rings. The van der Waals surface area contributed by atoms with E-state index >= 15 is 0 Å². The fourth-order valence-corrected chi connectivity index (χ4v) is 3.33. The second-order valence-electron chi connectivity index (χ2n) is 7.40. The molecule has 0 aliphatic heterocycles. The van der Waals surface area contributed by atoms with E-state index in [-0.39, 0.29) is 17.8 Å². The van der Waals surface area contributed by atoms with Crippen LogP contribution in [0.15, 0.2) is 0 Å². The molecule has 8 heteroatoms. The summed E-state index contributed by atoms with van der Waals surface area (Å²) in [6.45, 7) is 5.76. The van der Waals surface area contributed by atoms with Crippen molar-refractivity contribution in [3.8, 4) is 0 Å². The molecule has 1 aliphatic carbocycles. The molecule has 0 saturated heterocycles. The summed E-state index contributed by atoms with van der Waals surface area (Å²) in [6, 6.07) is -0.286. The Hall–Kier alpha value is -0.860. The van der Waals surface area contributed by atoms with Gasteiger partial charge in [-0.15, -0.1) is 0 Å². The lowest BCUT2D eigenvalue weighted by Crippen LogP contribution is -2.55. The highest BCUT2D eigenvalue weighted by Crippen LogP contribution is 2.23. The Bertz CT molecular complexity index is 500. The van der Waals surface area contributed by atoms with Crippen molar-refractivity contribution in [2.45, 2.75) is 63.8 Å². The highest BCUT2D eigenvalue weighted by Gasteiger charge is 2.34. The number of nitrogens with zero attached hydrogens (tertiary/aromatic N) is 1. The maximum atomic E-state index is 12.0. The van der Waals surface area contributed by atoms with Crippen molar-refractivity contribution < 1.29 is 23.1 Å². The third kappa shape index (κ3) is 7.99. The van der Waals surface area contributed by atoms with Crippen LogP contribution in [0, 0.1) is 0 Å². The summed E-state index contributed by atoms with van der Waals surface area (Å²) in [5.41, 5.74) is -0.573. The van der Waals surface area contributed by atoms with Gasteiger partial charge in [0.15, 0.2) is 0 Å². The fourth-order valence-electron chi connectivity index (χ4n) is 2.72. The maximum absolute atomic E-state index is 12.0. The minimum atomic E-state index is -3.05. The summed E-state index contributed by atoms with van der Waals surface area (Å²) in [5.74, 6) is 0.0508. The molecule has 0 aromatic rings. The number of nitrogens with one attached hydrogen (secondary N) is 1. The Morgan fingerprint density at radius 1 is 1.35 bits per heavy atom. The number of hydrogen-bond donors (Lipinski definition) is 2. The van der Waals surface area contributed by atoms with Crippen molar-refractivity contribution in [2.24, 2.45) is 0 Å². The SMILES string of the molecule is CN(CCS(C)(=O)=O)C1CC(O)CCC1NC(=O)OC(C)(C)C. The minimum absolute atomic E-state index is 0.0508. The Kier molecular flexibility index (Phi) is 6.85. The first-order valence-corrected chi connectivity index (χ1v) is 9.99. The smallest absolute Gasteiger partial charge is 0.407 e. The van der Waals surface area contributed by atoms with E-state index in [2.05, 4.69) is 5.32 Å². The summed E-state index contributed by atoms with van der Waals surface area (Å²) in [7, 11) is -1.24. The normalized spacial score (nSPS) is 26.1. The molecule has 3 atom stereocenters. The van der Waals surface area contributed by atoms with Crippen LogP contribution in [0.5, 0.6) is 0 Å². The van der Waals surface area contributed by atoms with Gasteiger partial charge in [0.05, 0.1) is 11.9 Å². The van der Waals surface area contributed by atoms with Gasteiger partial charge in [0, 0.05) is 24.9 Å². The average molecular weight is 350 g/mol. The molecule has 7 nitrogen and oxygen atoms in total. The summed E-state index contributed by atoms with van der Waals surface area (Å²) >= 11 is 0. The summed E-state index contributed by atoms with van der Waals surface area (Å²) in [6.07, 6.45) is 2.02. The first-order valence-electron chi connectivity index (χ1n) is 7.93. The molecule has 2 N–H and O–H groups in total. The van der Waals surface area contributed by atoms with E-state index in [1.54, 1.807) is 20.8 Å². The van der Waals surface area contributed by atoms with Gasteiger partial charge in [-0.05, 0) is 47.1 Å². The van der Waals surface area contributed by atoms with Gasteiger partial charge >= 0.3 is 6.09 Å². The number of aliphatic hydroxyl groups is 1. The minimum Gasteiger partial charge on any atom is -0.444 e. The number of alkyl carbamates (subject to hydrolysis) is 1. The fraction of sp³-hybridized carbons (Fsp3) is 0.933. The summed E-state index contributed by atoms with van der Waals surface area (Å²) in [5, 5.41) is 12.8. The predicted octanol–water partition coefficient (Wildman–Crippen LogP) is 0.770. The lowest BCUT2D eigenvalue weighted by atomic mass is 9.87. The lowest BCUT2D eigenvalue weighted by Gasteiger charge is -2.40. The van der Waals surface area contributed by atoms with Crippen LogP contribution in [0.1, 0.15) is 40.0 Å². The van der Waals surface area contributed by atoms with Crippen LogP contribution < -0.4 is 5.32 Å². The number of aliphatic hydroxyl groups excluding tert-OH is 1. The molecule has 0 heterocycles. The van der Waals surface area contributed by atoms with E-state index in [1.807, 2.05) is 11.9 Å². The summed E-state index contributed by atoms with van der Waals surface area (Å²) in [4.78, 5) is 13.9. The molecule has 0 radical (unpaired) electrons. The molecule has 1 aliphatic rings. The zero-order chi connectivity index (χ0) is 17.8. The molecule has 136 valence electrons. The van der Waals surface area contributed by atoms with E-state index in [9.17, 15) is 18.3 Å². The lowest BCUT2D eigenvalue weighted by molar-refractivity contribution is 0.0296. The van der Waals surface area contributed by atoms with Crippen molar-refractivity contribution in [3.05, 3.63) is 0 Å². The largest absolute Gasteiger partial charge is 0.444 e. The molecule has 1 saturated carbocycles. The molecule has 0 aromatic carbocycles. The number of ether oxygens (including phenoxy) is 1. The maximum Gasteiger partial charge on any atom is 0.407 e. The molecule has 3 unspecified atom stereocenters. The molecular formula is C15H30N2O5S. The molecule has 1 rings (SSSR count). The van der Waals surface area contributed by atoms with Crippen LogP contribution in [-0.4, -0.2) is 73.9 Å². The second kappa shape index (κ2) is 7.81. The standard InChI is InChI=1S/C15H30N2O5S/c1-15(2,3)22-14(19)16-12-7-6-11(18)10-13(12)17(4)8-9-23(5,20)21/h11-13,18H,6-10H2,1-5H3,(H,16,19). The molecule has 0 aromatic heterocycles. The number of amides is 1. The van der Waals surface area contributed by atoms with Crippen LogP contribution in [0.25, 0.3) is 0 Å². The van der Waals surface area contributed by atoms with Crippen LogP contribution in [0.3, 0.4) is 0 Å². The zero-order valence-electron chi connectivity index (χ0n) is 14.7. The van der Waals surface area contributed by atoms with Gasteiger partial charge in [0.1, 0.15) is 15.4 Å². The number of sulfone groups is 1. The average Bonchev–Trinajstić information content (AvgIpc) is 2.35. The molecule has 0 spiro atoms. The van der Waals surface area contributed by atoms with E-state index in [1.165, 1.54) is 6.26 Å². The molecule has 0 bridgehead atoms. The highest BCUT2D eigenvalue weighted by atomic mass is 32.2. The van der Waals surface area contributed by atoms with Crippen LogP contribution >= 0.6 is 0 Å². The van der Waals surface area contributed by atoms with Crippen LogP contribution in [0.2, 0.25) is 0 Å². The van der Waals surface area contributed by atoms with E-state index < -0.39 is 27.6 Å². The van der Waals surface area contributed by atoms with Gasteiger partial charge in [-0.25, -0.2) is 13.2 Å². The van der Waals surface area contributed by atoms with Crippen molar-refractivity contribution in [2.75, 3.05) is 25.6 Å². The first-order chi connectivity index (χ1) is 10.4. The van der Waals surface area contributed by atoms with E-state index in [4.69, 9.17) is 4.74 Å². The quantitative estimate of drug-likeness (QED) is 0.760. The highest BCUT2D eigenvalue weighted by molar-refractivity contribution is 7.90. The van der Waals surface area contributed by atoms with Crippen molar-refractivity contribution >= 4 is 15.9 Å². The Labute approximate surface area is 139 Å². The van der Waals surface area contributed by atoms with Gasteiger partial charge in [-0.2, -0.15) is 0 Å². The van der Waals surface area contributed by atoms with Crippen LogP contribution in [-0.2, 0) is 14.6 Å². The number of rotatable bonds is 5. The second-order valence-corrected chi connectivity index (χ2v) is 9.66. The van der Waals surface area contributed by atoms with E-state index in [0.29, 0.717) is 25.8 Å². The first kappa shape index (κ1) is 20.2. The van der Waals surface area contributed by atoms with Gasteiger partial charge in [0.25, 0.3) is 0 Å². The molecule has 23 heavy (non-hydrogen) atoms. The van der Waals surface area contributed by atoms with Gasteiger partial charge in [-0.3, -0.25) is 0 Å². The number of hydrogen-bond acceptors (Lipinski definition) is 6. The van der Waals surface area contributed by atoms with Crippen molar-refractivity contribution in [3.63, 3.8) is 0 Å². The molecular weight excluding hydrogens is 320 g/mol. The Morgan fingerprint density at radius 3 is 2.48 bits per heavy atom. The number of likely N-dealkylation sites (N-methyl/N-ethyl adjacent to an activating group) is 1. The third-order valence-corrected chi connectivity index (χ3v) is 4.80. The monoisotopic (exact) mass is 350 g/mol. The number of carbonyl (C=O) groups excluding carboxylic acids is 1. The third-order valence-electron chi connectivity index (χ3n) is 3.87. The zero-order valence-corrected chi connectivity index (χ0v) is 15.5. The summed E-state index contributed by atoms with van der Waals surface area (Å²) < 4.78 is 27.9. The van der Waals surface area contributed by atoms with Gasteiger partial charge in [-0.1, -0.05) is 0 Å². The Morgan fingerprint density at radius 2 is 1.96 bits per heavy atom.